The number of carboxylic acid groups (broad SMARTS) is 2. The number of fused-ring (bicyclic) bond motifs is 1. The van der Waals surface area contributed by atoms with Crippen molar-refractivity contribution in [3.8, 4) is 0 Å². The number of aliphatic carboxylic acids is 1. The molecule has 30 heavy (non-hydrogen) atoms. The molecule has 1 aliphatic heterocycles. The maximum atomic E-state index is 12.3. The van der Waals surface area contributed by atoms with E-state index in [2.05, 4.69) is 17.0 Å². The zero-order valence-corrected chi connectivity index (χ0v) is 16.9. The molecule has 1 aliphatic rings. The third-order valence-electron chi connectivity index (χ3n) is 5.88. The van der Waals surface area contributed by atoms with Crippen LogP contribution in [0.2, 0.25) is 0 Å². The molecule has 0 spiro atoms. The Balaban J connectivity index is 1.63. The van der Waals surface area contributed by atoms with Crippen molar-refractivity contribution < 1.29 is 19.8 Å². The fourth-order valence-electron chi connectivity index (χ4n) is 4.44. The van der Waals surface area contributed by atoms with Crippen molar-refractivity contribution in [2.45, 2.75) is 12.6 Å². The molecular formula is C23H25N3O4. The van der Waals surface area contributed by atoms with Crippen LogP contribution in [0.4, 0.5) is 0 Å². The lowest BCUT2D eigenvalue weighted by Gasteiger charge is -2.38. The summed E-state index contributed by atoms with van der Waals surface area (Å²) in [5, 5.41) is 20.6. The van der Waals surface area contributed by atoms with Gasteiger partial charge in [0.05, 0.1) is 0 Å². The van der Waals surface area contributed by atoms with E-state index < -0.39 is 18.0 Å². The lowest BCUT2D eigenvalue weighted by Crippen LogP contribution is -2.49. The third-order valence-corrected chi connectivity index (χ3v) is 5.88. The van der Waals surface area contributed by atoms with Crippen molar-refractivity contribution in [1.29, 1.82) is 0 Å². The first-order valence-corrected chi connectivity index (χ1v) is 10.0. The van der Waals surface area contributed by atoms with E-state index in [1.807, 2.05) is 41.3 Å². The highest BCUT2D eigenvalue weighted by Crippen LogP contribution is 2.34. The highest BCUT2D eigenvalue weighted by atomic mass is 16.4. The van der Waals surface area contributed by atoms with Gasteiger partial charge in [0, 0.05) is 56.2 Å². The summed E-state index contributed by atoms with van der Waals surface area (Å²) >= 11 is 0. The number of para-hydroxylation sites is 1. The summed E-state index contributed by atoms with van der Waals surface area (Å²) in [6.45, 7) is 3.40. The number of nitrogens with zero attached hydrogens (tertiary/aromatic N) is 3. The number of rotatable bonds is 6. The van der Waals surface area contributed by atoms with E-state index in [1.54, 1.807) is 17.7 Å². The van der Waals surface area contributed by atoms with Crippen LogP contribution < -0.4 is 0 Å². The first-order chi connectivity index (χ1) is 14.5. The Morgan fingerprint density at radius 2 is 1.57 bits per heavy atom. The van der Waals surface area contributed by atoms with Gasteiger partial charge in [-0.25, -0.2) is 4.79 Å². The molecule has 2 N–H and O–H groups in total. The van der Waals surface area contributed by atoms with Crippen molar-refractivity contribution in [2.75, 3.05) is 26.2 Å². The van der Waals surface area contributed by atoms with Crippen LogP contribution in [0, 0.1) is 0 Å². The monoisotopic (exact) mass is 407 g/mol. The van der Waals surface area contributed by atoms with Crippen LogP contribution >= 0.6 is 0 Å². The van der Waals surface area contributed by atoms with Gasteiger partial charge in [-0.2, -0.15) is 0 Å². The summed E-state index contributed by atoms with van der Waals surface area (Å²) in [6.07, 6.45) is 0. The average Bonchev–Trinajstić information content (AvgIpc) is 3.03. The van der Waals surface area contributed by atoms with E-state index in [0.717, 1.165) is 25.2 Å². The average molecular weight is 407 g/mol. The molecule has 2 aromatic carbocycles. The normalized spacial score (nSPS) is 16.6. The van der Waals surface area contributed by atoms with E-state index in [4.69, 9.17) is 0 Å². The van der Waals surface area contributed by atoms with E-state index in [9.17, 15) is 19.8 Å². The van der Waals surface area contributed by atoms with E-state index >= 15 is 0 Å². The molecule has 3 aromatic rings. The number of hydrogen-bond donors (Lipinski definition) is 2. The Bertz CT molecular complexity index is 1070. The van der Waals surface area contributed by atoms with Crippen LogP contribution in [-0.2, 0) is 18.4 Å². The van der Waals surface area contributed by atoms with Gasteiger partial charge in [0.15, 0.2) is 0 Å². The van der Waals surface area contributed by atoms with Crippen molar-refractivity contribution in [3.05, 3.63) is 71.4 Å². The Labute approximate surface area is 174 Å². The largest absolute Gasteiger partial charge is 0.480 e. The lowest BCUT2D eigenvalue weighted by molar-refractivity contribution is -0.144. The van der Waals surface area contributed by atoms with Crippen molar-refractivity contribution >= 4 is 22.8 Å². The molecule has 0 radical (unpaired) electrons. The third kappa shape index (κ3) is 3.69. The van der Waals surface area contributed by atoms with Crippen LogP contribution in [0.25, 0.3) is 10.9 Å². The lowest BCUT2D eigenvalue weighted by atomic mass is 10.00. The number of carbonyl (C=O) groups is 2. The minimum atomic E-state index is -1.11. The molecule has 1 atom stereocenters. The molecule has 7 nitrogen and oxygen atoms in total. The molecule has 4 rings (SSSR count). The van der Waals surface area contributed by atoms with Gasteiger partial charge in [0.2, 0.25) is 0 Å². The molecule has 1 unspecified atom stereocenters. The van der Waals surface area contributed by atoms with E-state index in [1.165, 1.54) is 5.56 Å². The second-order valence-corrected chi connectivity index (χ2v) is 7.68. The highest BCUT2D eigenvalue weighted by molar-refractivity contribution is 6.01. The maximum absolute atomic E-state index is 12.3. The molecule has 0 aliphatic carbocycles. The molecule has 1 aromatic heterocycles. The zero-order chi connectivity index (χ0) is 21.3. The first-order valence-electron chi connectivity index (χ1n) is 10.0. The summed E-state index contributed by atoms with van der Waals surface area (Å²) < 4.78 is 1.58. The second-order valence-electron chi connectivity index (χ2n) is 7.68. The van der Waals surface area contributed by atoms with Crippen LogP contribution in [0.1, 0.15) is 27.7 Å². The fourth-order valence-corrected chi connectivity index (χ4v) is 4.44. The van der Waals surface area contributed by atoms with Gasteiger partial charge < -0.3 is 14.8 Å². The molecular weight excluding hydrogens is 382 g/mol. The van der Waals surface area contributed by atoms with E-state index in [0.29, 0.717) is 24.0 Å². The zero-order valence-electron chi connectivity index (χ0n) is 16.9. The summed E-state index contributed by atoms with van der Waals surface area (Å²) in [6, 6.07) is 16.5. The van der Waals surface area contributed by atoms with E-state index in [-0.39, 0.29) is 5.69 Å². The number of benzene rings is 2. The van der Waals surface area contributed by atoms with Crippen molar-refractivity contribution in [1.82, 2.24) is 14.4 Å². The van der Waals surface area contributed by atoms with Gasteiger partial charge >= 0.3 is 11.9 Å². The van der Waals surface area contributed by atoms with Crippen LogP contribution in [-0.4, -0.2) is 62.7 Å². The Morgan fingerprint density at radius 1 is 0.933 bits per heavy atom. The summed E-state index contributed by atoms with van der Waals surface area (Å²) in [7, 11) is 1.67. The van der Waals surface area contributed by atoms with Gasteiger partial charge in [0.25, 0.3) is 0 Å². The molecule has 0 amide bonds. The Hall–Kier alpha value is -3.16. The molecule has 7 heteroatoms. The van der Waals surface area contributed by atoms with Gasteiger partial charge in [-0.05, 0) is 11.6 Å². The van der Waals surface area contributed by atoms with Gasteiger partial charge in [0.1, 0.15) is 11.7 Å². The quantitative estimate of drug-likeness (QED) is 0.654. The summed E-state index contributed by atoms with van der Waals surface area (Å²) in [5.74, 6) is -2.14. The number of aromatic carboxylic acids is 1. The van der Waals surface area contributed by atoms with Crippen LogP contribution in [0.15, 0.2) is 54.6 Å². The Kier molecular flexibility index (Phi) is 5.57. The summed E-state index contributed by atoms with van der Waals surface area (Å²) in [5.41, 5.74) is 2.35. The molecule has 156 valence electrons. The maximum Gasteiger partial charge on any atom is 0.352 e. The molecule has 1 fully saturated rings. The topological polar surface area (TPSA) is 86.0 Å². The molecule has 0 saturated carbocycles. The SMILES string of the molecule is Cn1c(C(=O)O)c(C(C(=O)O)N2CCN(Cc3ccccc3)CC2)c2ccccc21. The number of carboxylic acids is 2. The minimum absolute atomic E-state index is 0.0373. The van der Waals surface area contributed by atoms with Gasteiger partial charge in [-0.3, -0.25) is 14.6 Å². The van der Waals surface area contributed by atoms with Gasteiger partial charge in [-0.15, -0.1) is 0 Å². The van der Waals surface area contributed by atoms with Crippen molar-refractivity contribution in [3.63, 3.8) is 0 Å². The number of piperazine rings is 1. The Morgan fingerprint density at radius 3 is 2.20 bits per heavy atom. The highest BCUT2D eigenvalue weighted by Gasteiger charge is 2.36. The number of aryl methyl sites for hydroxylation is 1. The predicted molar refractivity (Wildman–Crippen MR) is 114 cm³/mol. The summed E-state index contributed by atoms with van der Waals surface area (Å²) in [4.78, 5) is 28.6. The predicted octanol–water partition coefficient (Wildman–Crippen LogP) is 2.82. The van der Waals surface area contributed by atoms with Crippen molar-refractivity contribution in [2.24, 2.45) is 7.05 Å². The first kappa shape index (κ1) is 20.1. The van der Waals surface area contributed by atoms with Gasteiger partial charge in [-0.1, -0.05) is 48.5 Å². The van der Waals surface area contributed by atoms with Crippen LogP contribution in [0.5, 0.6) is 0 Å². The number of aromatic nitrogens is 1. The molecule has 0 bridgehead atoms. The fraction of sp³-hybridized carbons (Fsp3) is 0.304. The second kappa shape index (κ2) is 8.30. The standard InChI is InChI=1S/C23H25N3O4/c1-24-18-10-6-5-9-17(18)19(20(24)22(27)28)21(23(29)30)26-13-11-25(12-14-26)15-16-7-3-2-4-8-16/h2-10,21H,11-15H2,1H3,(H,27,28)(H,29,30). The molecule has 2 heterocycles. The minimum Gasteiger partial charge on any atom is -0.480 e. The molecule has 1 saturated heterocycles. The number of hydrogen-bond acceptors (Lipinski definition) is 4. The van der Waals surface area contributed by atoms with Crippen LogP contribution in [0.3, 0.4) is 0 Å². The smallest absolute Gasteiger partial charge is 0.352 e.